The van der Waals surface area contributed by atoms with Crippen molar-refractivity contribution in [1.82, 2.24) is 0 Å². The second-order valence-electron chi connectivity index (χ2n) is 3.36. The maximum atomic E-state index is 5.81. The molecule has 0 saturated heterocycles. The van der Waals surface area contributed by atoms with Crippen LogP contribution in [0.5, 0.6) is 5.75 Å². The van der Waals surface area contributed by atoms with Crippen LogP contribution >= 0.6 is 0 Å². The van der Waals surface area contributed by atoms with Gasteiger partial charge in [-0.25, -0.2) is 0 Å². The van der Waals surface area contributed by atoms with Crippen LogP contribution in [0.3, 0.4) is 0 Å². The molecule has 0 heterocycles. The maximum absolute atomic E-state index is 5.81. The summed E-state index contributed by atoms with van der Waals surface area (Å²) >= 11 is 0. The van der Waals surface area contributed by atoms with Crippen molar-refractivity contribution in [2.45, 2.75) is 20.1 Å². The van der Waals surface area contributed by atoms with Crippen molar-refractivity contribution < 1.29 is 9.47 Å². The van der Waals surface area contributed by atoms with E-state index in [0.717, 1.165) is 22.4 Å². The first-order chi connectivity index (χ1) is 6.60. The Morgan fingerprint density at radius 3 is 2.36 bits per heavy atom. The molecule has 0 spiro atoms. The predicted octanol–water partition coefficient (Wildman–Crippen LogP) is 1.92. The van der Waals surface area contributed by atoms with Gasteiger partial charge in [-0.1, -0.05) is 11.6 Å². The van der Waals surface area contributed by atoms with Gasteiger partial charge in [-0.3, -0.25) is 0 Å². The van der Waals surface area contributed by atoms with E-state index in [1.807, 2.05) is 19.9 Å². The van der Waals surface area contributed by atoms with E-state index in [-0.39, 0.29) is 0 Å². The number of nitrogens with two attached hydrogens (primary N) is 1. The zero-order valence-corrected chi connectivity index (χ0v) is 9.13. The molecule has 1 unspecified atom stereocenters. The Morgan fingerprint density at radius 1 is 1.21 bits per heavy atom. The topological polar surface area (TPSA) is 44.5 Å². The van der Waals surface area contributed by atoms with E-state index >= 15 is 0 Å². The van der Waals surface area contributed by atoms with Gasteiger partial charge in [0.25, 0.3) is 0 Å². The molecule has 0 fully saturated rings. The van der Waals surface area contributed by atoms with Crippen molar-refractivity contribution >= 4 is 0 Å². The van der Waals surface area contributed by atoms with Gasteiger partial charge < -0.3 is 15.2 Å². The van der Waals surface area contributed by atoms with Gasteiger partial charge >= 0.3 is 0 Å². The number of ether oxygens (including phenoxy) is 2. The molecule has 14 heavy (non-hydrogen) atoms. The molecule has 1 rings (SSSR count). The van der Waals surface area contributed by atoms with Gasteiger partial charge in [0.15, 0.2) is 0 Å². The lowest BCUT2D eigenvalue weighted by atomic mass is 10.0. The van der Waals surface area contributed by atoms with Crippen LogP contribution in [0.4, 0.5) is 0 Å². The average Bonchev–Trinajstić information content (AvgIpc) is 2.15. The molecule has 0 aromatic heterocycles. The van der Waals surface area contributed by atoms with Crippen LogP contribution in [0.25, 0.3) is 0 Å². The van der Waals surface area contributed by atoms with Crippen molar-refractivity contribution in [2.75, 3.05) is 14.2 Å². The minimum absolute atomic E-state index is 0.427. The van der Waals surface area contributed by atoms with Crippen molar-refractivity contribution in [1.29, 1.82) is 0 Å². The second kappa shape index (κ2) is 4.44. The summed E-state index contributed by atoms with van der Waals surface area (Å²) in [7, 11) is 3.23. The number of hydrogen-bond donors (Lipinski definition) is 1. The minimum Gasteiger partial charge on any atom is -0.496 e. The van der Waals surface area contributed by atoms with E-state index in [2.05, 4.69) is 6.07 Å². The van der Waals surface area contributed by atoms with Gasteiger partial charge in [0, 0.05) is 12.7 Å². The Labute approximate surface area is 84.8 Å². The molecule has 0 radical (unpaired) electrons. The highest BCUT2D eigenvalue weighted by Gasteiger charge is 2.13. The molecular weight excluding hydrogens is 178 g/mol. The monoisotopic (exact) mass is 195 g/mol. The molecule has 0 saturated carbocycles. The highest BCUT2D eigenvalue weighted by Crippen LogP contribution is 2.29. The normalized spacial score (nSPS) is 12.6. The summed E-state index contributed by atoms with van der Waals surface area (Å²) in [5, 5.41) is 0. The summed E-state index contributed by atoms with van der Waals surface area (Å²) in [6.07, 6.45) is -0.427. The zero-order valence-electron chi connectivity index (χ0n) is 9.13. The molecule has 78 valence electrons. The molecule has 1 atom stereocenters. The lowest BCUT2D eigenvalue weighted by Gasteiger charge is -2.17. The Bertz CT molecular complexity index is 323. The number of aryl methyl sites for hydroxylation is 2. The van der Waals surface area contributed by atoms with Gasteiger partial charge in [0.1, 0.15) is 12.0 Å². The fraction of sp³-hybridized carbons (Fsp3) is 0.455. The third kappa shape index (κ3) is 2.05. The molecule has 0 amide bonds. The Balaban J connectivity index is 3.24. The molecule has 0 aliphatic carbocycles. The van der Waals surface area contributed by atoms with Gasteiger partial charge in [-0.15, -0.1) is 0 Å². The van der Waals surface area contributed by atoms with Crippen LogP contribution in [0, 0.1) is 13.8 Å². The average molecular weight is 195 g/mol. The first-order valence-corrected chi connectivity index (χ1v) is 4.53. The van der Waals surface area contributed by atoms with E-state index in [4.69, 9.17) is 15.2 Å². The van der Waals surface area contributed by atoms with Gasteiger partial charge in [0.05, 0.1) is 7.11 Å². The van der Waals surface area contributed by atoms with Crippen molar-refractivity contribution in [2.24, 2.45) is 5.73 Å². The molecular formula is C11H17NO2. The summed E-state index contributed by atoms with van der Waals surface area (Å²) in [6, 6.07) is 4.05. The molecule has 1 aromatic carbocycles. The number of benzene rings is 1. The third-order valence-corrected chi connectivity index (χ3v) is 2.21. The van der Waals surface area contributed by atoms with E-state index in [0.29, 0.717) is 0 Å². The molecule has 3 heteroatoms. The lowest BCUT2D eigenvalue weighted by Crippen LogP contribution is -2.14. The van der Waals surface area contributed by atoms with Gasteiger partial charge in [-0.05, 0) is 25.5 Å². The van der Waals surface area contributed by atoms with Crippen LogP contribution in [-0.2, 0) is 4.74 Å². The number of methoxy groups -OCH3 is 2. The van der Waals surface area contributed by atoms with Crippen LogP contribution in [0.15, 0.2) is 12.1 Å². The van der Waals surface area contributed by atoms with Crippen LogP contribution < -0.4 is 10.5 Å². The smallest absolute Gasteiger partial charge is 0.135 e. The number of rotatable bonds is 3. The third-order valence-electron chi connectivity index (χ3n) is 2.21. The minimum atomic E-state index is -0.427. The van der Waals surface area contributed by atoms with Crippen LogP contribution in [0.2, 0.25) is 0 Å². The second-order valence-corrected chi connectivity index (χ2v) is 3.36. The number of hydrogen-bond acceptors (Lipinski definition) is 3. The highest BCUT2D eigenvalue weighted by atomic mass is 16.5. The van der Waals surface area contributed by atoms with E-state index in [9.17, 15) is 0 Å². The van der Waals surface area contributed by atoms with Crippen LogP contribution in [0.1, 0.15) is 22.9 Å². The molecule has 3 nitrogen and oxygen atoms in total. The van der Waals surface area contributed by atoms with Crippen molar-refractivity contribution in [3.8, 4) is 5.75 Å². The van der Waals surface area contributed by atoms with E-state index in [1.165, 1.54) is 0 Å². The Morgan fingerprint density at radius 2 is 1.86 bits per heavy atom. The Hall–Kier alpha value is -1.06. The zero-order chi connectivity index (χ0) is 10.7. The van der Waals surface area contributed by atoms with E-state index < -0.39 is 6.23 Å². The molecule has 0 aliphatic heterocycles. The highest BCUT2D eigenvalue weighted by molar-refractivity contribution is 5.44. The molecule has 0 aliphatic rings. The fourth-order valence-corrected chi connectivity index (χ4v) is 1.60. The first-order valence-electron chi connectivity index (χ1n) is 4.53. The molecule has 2 N–H and O–H groups in total. The quantitative estimate of drug-likeness (QED) is 0.749. The lowest BCUT2D eigenvalue weighted by molar-refractivity contribution is 0.106. The fourth-order valence-electron chi connectivity index (χ4n) is 1.60. The summed E-state index contributed by atoms with van der Waals surface area (Å²) in [5.41, 5.74) is 8.94. The first kappa shape index (κ1) is 11.0. The van der Waals surface area contributed by atoms with Gasteiger partial charge in [-0.2, -0.15) is 0 Å². The van der Waals surface area contributed by atoms with Crippen molar-refractivity contribution in [3.63, 3.8) is 0 Å². The summed E-state index contributed by atoms with van der Waals surface area (Å²) in [4.78, 5) is 0. The van der Waals surface area contributed by atoms with E-state index in [1.54, 1.807) is 14.2 Å². The summed E-state index contributed by atoms with van der Waals surface area (Å²) < 4.78 is 10.4. The SMILES string of the molecule is COc1c(C)cc(C)cc1C(N)OC. The maximum Gasteiger partial charge on any atom is 0.135 e. The Kier molecular flexibility index (Phi) is 3.49. The summed E-state index contributed by atoms with van der Waals surface area (Å²) in [6.45, 7) is 4.02. The molecule has 1 aromatic rings. The largest absolute Gasteiger partial charge is 0.496 e. The van der Waals surface area contributed by atoms with Crippen LogP contribution in [-0.4, -0.2) is 14.2 Å². The standard InChI is InChI=1S/C11H17NO2/c1-7-5-8(2)10(13-3)9(6-7)11(12)14-4/h5-6,11H,12H2,1-4H3. The van der Waals surface area contributed by atoms with Crippen molar-refractivity contribution in [3.05, 3.63) is 28.8 Å². The summed E-state index contributed by atoms with van der Waals surface area (Å²) in [5.74, 6) is 0.810. The predicted molar refractivity (Wildman–Crippen MR) is 56.4 cm³/mol. The van der Waals surface area contributed by atoms with Gasteiger partial charge in [0.2, 0.25) is 0 Å². The molecule has 0 bridgehead atoms.